The van der Waals surface area contributed by atoms with Gasteiger partial charge in [-0.1, -0.05) is 12.1 Å². The molecule has 0 spiro atoms. The molecule has 2 aromatic carbocycles. The van der Waals surface area contributed by atoms with E-state index in [9.17, 15) is 19.8 Å². The molecule has 0 fully saturated rings. The Bertz CT molecular complexity index is 1010. The highest BCUT2D eigenvalue weighted by atomic mass is 16.5. The number of fused-ring (bicyclic) bond motifs is 2. The molecule has 1 atom stereocenters. The van der Waals surface area contributed by atoms with E-state index < -0.39 is 6.09 Å². The number of hydrogen-bond acceptors (Lipinski definition) is 5. The number of carbonyl (C=O) groups is 2. The molecule has 29 heavy (non-hydrogen) atoms. The van der Waals surface area contributed by atoms with Crippen molar-refractivity contribution in [3.63, 3.8) is 0 Å². The monoisotopic (exact) mass is 396 g/mol. The Morgan fingerprint density at radius 2 is 1.86 bits per heavy atom. The van der Waals surface area contributed by atoms with Crippen LogP contribution in [-0.4, -0.2) is 53.9 Å². The van der Waals surface area contributed by atoms with E-state index in [-0.39, 0.29) is 41.2 Å². The first-order chi connectivity index (χ1) is 13.9. The molecule has 0 bridgehead atoms. The topological polar surface area (TPSA) is 99.5 Å². The number of phenols is 1. The lowest BCUT2D eigenvalue weighted by molar-refractivity contribution is 0.0794. The van der Waals surface area contributed by atoms with Crippen molar-refractivity contribution in [1.82, 2.24) is 4.90 Å². The van der Waals surface area contributed by atoms with Gasteiger partial charge in [-0.15, -0.1) is 0 Å². The van der Waals surface area contributed by atoms with Crippen molar-refractivity contribution in [2.24, 2.45) is 0 Å². The Balaban J connectivity index is 1.77. The number of ether oxygens (including phenoxy) is 2. The van der Waals surface area contributed by atoms with Gasteiger partial charge in [-0.05, 0) is 35.8 Å². The van der Waals surface area contributed by atoms with Crippen molar-refractivity contribution in [2.75, 3.05) is 25.7 Å². The molecule has 2 aliphatic heterocycles. The summed E-state index contributed by atoms with van der Waals surface area (Å²) in [7, 11) is 2.97. The van der Waals surface area contributed by atoms with Gasteiger partial charge >= 0.3 is 6.09 Å². The Kier molecular flexibility index (Phi) is 4.54. The second-order valence-electron chi connectivity index (χ2n) is 6.89. The molecule has 150 valence electrons. The lowest BCUT2D eigenvalue weighted by Gasteiger charge is -2.24. The molecular formula is C21H20N2O6. The summed E-state index contributed by atoms with van der Waals surface area (Å²) in [6.45, 7) is 0.0933. The highest BCUT2D eigenvalue weighted by Crippen LogP contribution is 2.40. The van der Waals surface area contributed by atoms with E-state index in [2.05, 4.69) is 0 Å². The maximum atomic E-state index is 13.2. The van der Waals surface area contributed by atoms with Crippen LogP contribution >= 0.6 is 0 Å². The lowest BCUT2D eigenvalue weighted by atomic mass is 10.0. The molecule has 2 aromatic rings. The van der Waals surface area contributed by atoms with E-state index in [1.807, 2.05) is 24.3 Å². The Hall–Kier alpha value is -3.68. The number of aromatic hydroxyl groups is 1. The third kappa shape index (κ3) is 3.12. The van der Waals surface area contributed by atoms with Gasteiger partial charge in [0.2, 0.25) is 0 Å². The van der Waals surface area contributed by atoms with Crippen molar-refractivity contribution >= 4 is 23.3 Å². The standard InChI is InChI=1S/C21H20N2O6/c1-28-15-5-3-12(4-6-15)13-7-14-11-23(21(26)27)17-9-18(24)19(29-2)8-16(17)20(25)22(14)10-13/h3-6,8-10,14,24H,7,11H2,1-2H3,(H,26,27). The fourth-order valence-electron chi connectivity index (χ4n) is 3.80. The quantitative estimate of drug-likeness (QED) is 0.827. The summed E-state index contributed by atoms with van der Waals surface area (Å²) in [5.41, 5.74) is 2.19. The van der Waals surface area contributed by atoms with Crippen LogP contribution in [0.4, 0.5) is 10.5 Å². The molecule has 0 aromatic heterocycles. The van der Waals surface area contributed by atoms with E-state index in [1.165, 1.54) is 19.2 Å². The van der Waals surface area contributed by atoms with Crippen molar-refractivity contribution in [3.8, 4) is 17.2 Å². The fraction of sp³-hybridized carbons (Fsp3) is 0.238. The molecule has 4 rings (SSSR count). The van der Waals surface area contributed by atoms with E-state index in [4.69, 9.17) is 9.47 Å². The normalized spacial score (nSPS) is 17.9. The largest absolute Gasteiger partial charge is 0.504 e. The van der Waals surface area contributed by atoms with Crippen LogP contribution in [0, 0.1) is 0 Å². The Labute approximate surface area is 167 Å². The van der Waals surface area contributed by atoms with E-state index in [1.54, 1.807) is 18.2 Å². The number of amides is 2. The third-order valence-electron chi connectivity index (χ3n) is 5.28. The fourth-order valence-corrected chi connectivity index (χ4v) is 3.80. The van der Waals surface area contributed by atoms with Crippen molar-refractivity contribution in [1.29, 1.82) is 0 Å². The molecule has 0 saturated heterocycles. The van der Waals surface area contributed by atoms with Gasteiger partial charge in [0.1, 0.15) is 5.75 Å². The molecule has 0 radical (unpaired) electrons. The van der Waals surface area contributed by atoms with E-state index >= 15 is 0 Å². The Morgan fingerprint density at radius 3 is 2.48 bits per heavy atom. The molecule has 2 heterocycles. The summed E-state index contributed by atoms with van der Waals surface area (Å²) < 4.78 is 10.3. The third-order valence-corrected chi connectivity index (χ3v) is 5.28. The maximum absolute atomic E-state index is 13.2. The zero-order valence-corrected chi connectivity index (χ0v) is 16.0. The molecule has 8 nitrogen and oxygen atoms in total. The van der Waals surface area contributed by atoms with Gasteiger partial charge in [0.25, 0.3) is 5.91 Å². The van der Waals surface area contributed by atoms with Gasteiger partial charge in [0.05, 0.1) is 38.1 Å². The minimum absolute atomic E-state index is 0.0933. The van der Waals surface area contributed by atoms with Gasteiger partial charge in [0, 0.05) is 12.3 Å². The predicted octanol–water partition coefficient (Wildman–Crippen LogP) is 3.16. The number of anilines is 1. The summed E-state index contributed by atoms with van der Waals surface area (Å²) in [4.78, 5) is 27.8. The lowest BCUT2D eigenvalue weighted by Crippen LogP contribution is -2.40. The maximum Gasteiger partial charge on any atom is 0.411 e. The molecule has 1 unspecified atom stereocenters. The van der Waals surface area contributed by atoms with Crippen molar-refractivity contribution in [3.05, 3.63) is 53.7 Å². The number of rotatable bonds is 3. The van der Waals surface area contributed by atoms with Gasteiger partial charge in [0.15, 0.2) is 11.5 Å². The number of methoxy groups -OCH3 is 2. The molecule has 2 amide bonds. The first-order valence-electron chi connectivity index (χ1n) is 9.02. The van der Waals surface area contributed by atoms with Crippen LogP contribution in [-0.2, 0) is 0 Å². The zero-order chi connectivity index (χ0) is 20.7. The summed E-state index contributed by atoms with van der Waals surface area (Å²) in [5.74, 6) is 0.285. The molecule has 2 aliphatic rings. The highest BCUT2D eigenvalue weighted by Gasteiger charge is 2.39. The summed E-state index contributed by atoms with van der Waals surface area (Å²) in [6.07, 6.45) is 1.09. The second kappa shape index (κ2) is 7.05. The number of nitrogens with zero attached hydrogens (tertiary/aromatic N) is 2. The van der Waals surface area contributed by atoms with Gasteiger partial charge in [-0.25, -0.2) is 4.79 Å². The van der Waals surface area contributed by atoms with Crippen molar-refractivity contribution < 1.29 is 29.3 Å². The first kappa shape index (κ1) is 18.7. The molecule has 8 heteroatoms. The van der Waals surface area contributed by atoms with Gasteiger partial charge in [-0.2, -0.15) is 0 Å². The van der Waals surface area contributed by atoms with Crippen LogP contribution in [0.3, 0.4) is 0 Å². The van der Waals surface area contributed by atoms with Gasteiger partial charge < -0.3 is 24.6 Å². The smallest absolute Gasteiger partial charge is 0.411 e. The number of benzene rings is 2. The number of phenolic OH excluding ortho intramolecular Hbond substituents is 1. The average Bonchev–Trinajstić information content (AvgIpc) is 3.11. The van der Waals surface area contributed by atoms with Crippen LogP contribution in [0.1, 0.15) is 22.3 Å². The van der Waals surface area contributed by atoms with Crippen LogP contribution in [0.15, 0.2) is 42.6 Å². The minimum Gasteiger partial charge on any atom is -0.504 e. The number of carboxylic acid groups (broad SMARTS) is 1. The summed E-state index contributed by atoms with van der Waals surface area (Å²) >= 11 is 0. The molecule has 2 N–H and O–H groups in total. The molecule has 0 saturated carbocycles. The van der Waals surface area contributed by atoms with E-state index in [0.29, 0.717) is 6.42 Å². The SMILES string of the molecule is COc1ccc(C2=CN3C(=O)c4cc(OC)c(O)cc4N(C(=O)O)CC3C2)cc1. The molecular weight excluding hydrogens is 376 g/mol. The average molecular weight is 396 g/mol. The number of carbonyl (C=O) groups excluding carboxylic acids is 1. The summed E-state index contributed by atoms with van der Waals surface area (Å²) in [5, 5.41) is 19.8. The van der Waals surface area contributed by atoms with Crippen molar-refractivity contribution in [2.45, 2.75) is 12.5 Å². The van der Waals surface area contributed by atoms with Crippen LogP contribution < -0.4 is 14.4 Å². The predicted molar refractivity (Wildman–Crippen MR) is 106 cm³/mol. The van der Waals surface area contributed by atoms with Crippen LogP contribution in [0.2, 0.25) is 0 Å². The minimum atomic E-state index is -1.19. The Morgan fingerprint density at radius 1 is 1.14 bits per heavy atom. The summed E-state index contributed by atoms with van der Waals surface area (Å²) in [6, 6.07) is 9.79. The number of hydrogen-bond donors (Lipinski definition) is 2. The van der Waals surface area contributed by atoms with Crippen LogP contribution in [0.25, 0.3) is 5.57 Å². The molecule has 0 aliphatic carbocycles. The van der Waals surface area contributed by atoms with Gasteiger partial charge in [-0.3, -0.25) is 9.69 Å². The van der Waals surface area contributed by atoms with E-state index in [0.717, 1.165) is 21.8 Å². The first-order valence-corrected chi connectivity index (χ1v) is 9.02. The highest BCUT2D eigenvalue weighted by molar-refractivity contribution is 6.06. The van der Waals surface area contributed by atoms with Crippen LogP contribution in [0.5, 0.6) is 17.2 Å². The zero-order valence-electron chi connectivity index (χ0n) is 16.0. The second-order valence-corrected chi connectivity index (χ2v) is 6.89.